The van der Waals surface area contributed by atoms with Crippen molar-refractivity contribution in [2.45, 2.75) is 32.1 Å². The van der Waals surface area contributed by atoms with Crippen molar-refractivity contribution in [1.29, 1.82) is 0 Å². The van der Waals surface area contributed by atoms with Gasteiger partial charge in [-0.25, -0.2) is 5.43 Å². The van der Waals surface area contributed by atoms with Crippen LogP contribution >= 0.6 is 0 Å². The number of carbonyl (C=O) groups is 2. The fourth-order valence-corrected chi connectivity index (χ4v) is 5.11. The molecule has 1 fully saturated rings. The highest BCUT2D eigenvalue weighted by atomic mass is 16.4. The Hall–Kier alpha value is -3.71. The van der Waals surface area contributed by atoms with Gasteiger partial charge in [-0.3, -0.25) is 9.59 Å². The molecule has 2 aliphatic rings. The number of furan rings is 1. The third-order valence-corrected chi connectivity index (χ3v) is 7.14. The quantitative estimate of drug-likeness (QED) is 0.556. The molecule has 2 heterocycles. The summed E-state index contributed by atoms with van der Waals surface area (Å²) in [5.41, 5.74) is 7.09. The molecule has 0 bridgehead atoms. The minimum Gasteiger partial charge on any atom is -0.455 e. The molecule has 2 amide bonds. The molecule has 3 aromatic rings. The van der Waals surface area contributed by atoms with Crippen LogP contribution in [0.4, 0.5) is 0 Å². The van der Waals surface area contributed by atoms with Crippen LogP contribution in [-0.4, -0.2) is 60.6 Å². The summed E-state index contributed by atoms with van der Waals surface area (Å²) in [5.74, 6) is 0.456. The van der Waals surface area contributed by atoms with Crippen LogP contribution in [0.2, 0.25) is 0 Å². The maximum Gasteiger partial charge on any atom is 0.289 e. The molecule has 1 aliphatic heterocycles. The predicted octanol–water partition coefficient (Wildman–Crippen LogP) is 3.96. The van der Waals surface area contributed by atoms with Gasteiger partial charge in [0.05, 0.1) is 11.6 Å². The number of likely N-dealkylation sites (N-methyl/N-ethyl adjacent to an activating group) is 1. The molecule has 0 radical (unpaired) electrons. The molecule has 0 spiro atoms. The molecular weight excluding hydrogens is 452 g/mol. The van der Waals surface area contributed by atoms with Crippen LogP contribution in [0.25, 0.3) is 0 Å². The van der Waals surface area contributed by atoms with Gasteiger partial charge in [0, 0.05) is 43.7 Å². The van der Waals surface area contributed by atoms with Gasteiger partial charge in [-0.15, -0.1) is 0 Å². The van der Waals surface area contributed by atoms with Gasteiger partial charge in [0.25, 0.3) is 11.8 Å². The van der Waals surface area contributed by atoms with Crippen LogP contribution in [0, 0.1) is 6.92 Å². The van der Waals surface area contributed by atoms with E-state index in [1.807, 2.05) is 72.5 Å². The van der Waals surface area contributed by atoms with Gasteiger partial charge >= 0.3 is 0 Å². The zero-order valence-corrected chi connectivity index (χ0v) is 20.9. The normalized spacial score (nSPS) is 17.3. The van der Waals surface area contributed by atoms with E-state index in [2.05, 4.69) is 22.5 Å². The van der Waals surface area contributed by atoms with Gasteiger partial charge < -0.3 is 14.2 Å². The number of piperazine rings is 1. The lowest BCUT2D eigenvalue weighted by molar-refractivity contribution is -0.121. The SMILES string of the molecule is Cc1c(C(=O)N2CCN(C)CC2)oc2c1/C(=N/NC(=O)C(c1ccccc1)c1ccccc1)CCC2. The first-order valence-corrected chi connectivity index (χ1v) is 12.6. The highest BCUT2D eigenvalue weighted by Gasteiger charge is 2.31. The van der Waals surface area contributed by atoms with E-state index < -0.39 is 5.92 Å². The average Bonchev–Trinajstić information content (AvgIpc) is 3.26. The second-order valence-electron chi connectivity index (χ2n) is 9.59. The lowest BCUT2D eigenvalue weighted by Gasteiger charge is -2.31. The summed E-state index contributed by atoms with van der Waals surface area (Å²) in [5, 5.41) is 4.58. The fourth-order valence-electron chi connectivity index (χ4n) is 5.11. The number of hydrogen-bond acceptors (Lipinski definition) is 5. The van der Waals surface area contributed by atoms with Gasteiger partial charge in [-0.05, 0) is 37.9 Å². The van der Waals surface area contributed by atoms with Crippen molar-refractivity contribution >= 4 is 17.5 Å². The molecule has 7 heteroatoms. The van der Waals surface area contributed by atoms with Crippen LogP contribution in [0.1, 0.15) is 57.3 Å². The molecule has 0 atom stereocenters. The van der Waals surface area contributed by atoms with Crippen molar-refractivity contribution in [1.82, 2.24) is 15.2 Å². The smallest absolute Gasteiger partial charge is 0.289 e. The Bertz CT molecular complexity index is 1220. The molecule has 0 saturated carbocycles. The topological polar surface area (TPSA) is 78.2 Å². The van der Waals surface area contributed by atoms with Gasteiger partial charge in [0.15, 0.2) is 5.76 Å². The first kappa shape index (κ1) is 24.0. The number of hydrazone groups is 1. The number of rotatable bonds is 5. The van der Waals surface area contributed by atoms with E-state index in [0.717, 1.165) is 66.1 Å². The Morgan fingerprint density at radius 1 is 0.917 bits per heavy atom. The highest BCUT2D eigenvalue weighted by Crippen LogP contribution is 2.31. The molecule has 2 aromatic carbocycles. The van der Waals surface area contributed by atoms with Gasteiger partial charge in [-0.1, -0.05) is 60.7 Å². The molecular formula is C29H32N4O3. The van der Waals surface area contributed by atoms with Crippen molar-refractivity contribution in [3.8, 4) is 0 Å². The van der Waals surface area contributed by atoms with Crippen LogP contribution in [-0.2, 0) is 11.2 Å². The van der Waals surface area contributed by atoms with Crippen LogP contribution in [0.15, 0.2) is 70.2 Å². The number of amides is 2. The number of nitrogens with zero attached hydrogens (tertiary/aromatic N) is 3. The molecule has 5 rings (SSSR count). The Kier molecular flexibility index (Phi) is 7.00. The molecule has 1 aromatic heterocycles. The molecule has 36 heavy (non-hydrogen) atoms. The van der Waals surface area contributed by atoms with E-state index >= 15 is 0 Å². The minimum absolute atomic E-state index is 0.0633. The lowest BCUT2D eigenvalue weighted by Crippen LogP contribution is -2.47. The van der Waals surface area contributed by atoms with Gasteiger partial charge in [-0.2, -0.15) is 5.10 Å². The fraction of sp³-hybridized carbons (Fsp3) is 0.345. The molecule has 186 valence electrons. The number of fused-ring (bicyclic) bond motifs is 1. The van der Waals surface area contributed by atoms with E-state index in [-0.39, 0.29) is 11.8 Å². The Morgan fingerprint density at radius 3 is 2.14 bits per heavy atom. The monoisotopic (exact) mass is 484 g/mol. The van der Waals surface area contributed by atoms with Crippen molar-refractivity contribution in [3.63, 3.8) is 0 Å². The number of aryl methyl sites for hydroxylation is 1. The van der Waals surface area contributed by atoms with Crippen molar-refractivity contribution in [3.05, 3.63) is 94.4 Å². The van der Waals surface area contributed by atoms with Crippen molar-refractivity contribution in [2.75, 3.05) is 33.2 Å². The number of benzene rings is 2. The number of nitrogens with one attached hydrogen (secondary N) is 1. The summed E-state index contributed by atoms with van der Waals surface area (Å²) in [7, 11) is 2.07. The van der Waals surface area contributed by atoms with E-state index in [9.17, 15) is 9.59 Å². The maximum absolute atomic E-state index is 13.4. The summed E-state index contributed by atoms with van der Waals surface area (Å²) in [6.45, 7) is 5.02. The lowest BCUT2D eigenvalue weighted by atomic mass is 9.90. The second kappa shape index (κ2) is 10.5. The standard InChI is InChI=1S/C29H32N4O3/c1-20-25-23(14-9-15-24(25)36-27(20)29(35)33-18-16-32(2)17-19-33)30-31-28(34)26(21-10-5-3-6-11-21)22-12-7-4-8-13-22/h3-8,10-13,26H,9,14-19H2,1-2H3,(H,31,34)/b30-23+. The van der Waals surface area contributed by atoms with E-state index in [1.165, 1.54) is 0 Å². The Morgan fingerprint density at radius 2 is 1.53 bits per heavy atom. The number of carbonyl (C=O) groups excluding carboxylic acids is 2. The highest BCUT2D eigenvalue weighted by molar-refractivity contribution is 6.07. The molecule has 1 aliphatic carbocycles. The molecule has 7 nitrogen and oxygen atoms in total. The molecule has 0 unspecified atom stereocenters. The average molecular weight is 485 g/mol. The third kappa shape index (κ3) is 4.84. The van der Waals surface area contributed by atoms with E-state index in [4.69, 9.17) is 4.42 Å². The number of hydrogen-bond donors (Lipinski definition) is 1. The maximum atomic E-state index is 13.4. The zero-order chi connectivity index (χ0) is 25.1. The van der Waals surface area contributed by atoms with E-state index in [0.29, 0.717) is 18.8 Å². The van der Waals surface area contributed by atoms with E-state index in [1.54, 1.807) is 0 Å². The second-order valence-corrected chi connectivity index (χ2v) is 9.59. The molecule has 1 N–H and O–H groups in total. The van der Waals surface area contributed by atoms with Crippen molar-refractivity contribution < 1.29 is 14.0 Å². The Balaban J connectivity index is 1.40. The summed E-state index contributed by atoms with van der Waals surface area (Å²) >= 11 is 0. The summed E-state index contributed by atoms with van der Waals surface area (Å²) < 4.78 is 6.10. The first-order valence-electron chi connectivity index (χ1n) is 12.6. The van der Waals surface area contributed by atoms with Crippen molar-refractivity contribution in [2.24, 2.45) is 5.10 Å². The molecule has 1 saturated heterocycles. The predicted molar refractivity (Wildman–Crippen MR) is 139 cm³/mol. The Labute approximate surface area is 211 Å². The summed E-state index contributed by atoms with van der Waals surface area (Å²) in [4.78, 5) is 30.7. The third-order valence-electron chi connectivity index (χ3n) is 7.14. The zero-order valence-electron chi connectivity index (χ0n) is 20.9. The largest absolute Gasteiger partial charge is 0.455 e. The van der Waals surface area contributed by atoms with Crippen LogP contribution < -0.4 is 5.43 Å². The summed E-state index contributed by atoms with van der Waals surface area (Å²) in [6, 6.07) is 19.5. The summed E-state index contributed by atoms with van der Waals surface area (Å²) in [6.07, 6.45) is 2.34. The first-order chi connectivity index (χ1) is 17.5. The van der Waals surface area contributed by atoms with Crippen LogP contribution in [0.5, 0.6) is 0 Å². The minimum atomic E-state index is -0.473. The van der Waals surface area contributed by atoms with Gasteiger partial charge in [0.2, 0.25) is 0 Å². The van der Waals surface area contributed by atoms with Crippen LogP contribution in [0.3, 0.4) is 0 Å². The van der Waals surface area contributed by atoms with Gasteiger partial charge in [0.1, 0.15) is 5.76 Å².